The highest BCUT2D eigenvalue weighted by Crippen LogP contribution is 2.54. The van der Waals surface area contributed by atoms with E-state index in [9.17, 15) is 13.2 Å². The highest BCUT2D eigenvalue weighted by atomic mass is 35.5. The number of nitrogens with zero attached hydrogens (tertiary/aromatic N) is 3. The minimum absolute atomic E-state index is 0.0160. The monoisotopic (exact) mass is 605 g/mol. The van der Waals surface area contributed by atoms with Gasteiger partial charge in [0.1, 0.15) is 0 Å². The summed E-state index contributed by atoms with van der Waals surface area (Å²) >= 11 is 6.78. The molecular formula is C32H31ClF3N7. The Morgan fingerprint density at radius 1 is 1.14 bits per heavy atom. The normalized spacial score (nSPS) is 16.9. The number of hydrogen-bond acceptors (Lipinski definition) is 7. The Hall–Kier alpha value is -4.20. The molecule has 4 N–H and O–H groups in total. The molecule has 1 atom stereocenters. The second-order valence-electron chi connectivity index (χ2n) is 12.2. The van der Waals surface area contributed by atoms with Crippen molar-refractivity contribution in [1.82, 2.24) is 25.9 Å². The fourth-order valence-corrected chi connectivity index (χ4v) is 5.64. The molecule has 1 saturated carbocycles. The lowest BCUT2D eigenvalue weighted by molar-refractivity contribution is -0.195. The molecule has 1 aliphatic carbocycles. The maximum Gasteiger partial charge on any atom is 0.413 e. The van der Waals surface area contributed by atoms with Gasteiger partial charge in [0.25, 0.3) is 0 Å². The molecule has 222 valence electrons. The second-order valence-corrected chi connectivity index (χ2v) is 12.6. The molecule has 0 radical (unpaired) electrons. The van der Waals surface area contributed by atoms with E-state index in [0.29, 0.717) is 34.0 Å². The molecule has 6 rings (SSSR count). The zero-order chi connectivity index (χ0) is 30.6. The number of hydrazine groups is 2. The van der Waals surface area contributed by atoms with Crippen LogP contribution in [0.5, 0.6) is 0 Å². The number of halogens is 4. The summed E-state index contributed by atoms with van der Waals surface area (Å²) in [5, 5.41) is 11.1. The number of rotatable bonds is 7. The second kappa shape index (κ2) is 10.5. The third-order valence-corrected chi connectivity index (χ3v) is 8.11. The molecule has 1 aliphatic heterocycles. The van der Waals surface area contributed by atoms with E-state index in [1.807, 2.05) is 30.3 Å². The van der Waals surface area contributed by atoms with Crippen molar-refractivity contribution in [3.05, 3.63) is 83.0 Å². The minimum Gasteiger partial charge on any atom is -0.383 e. The number of alkyl halides is 3. The molecule has 11 heteroatoms. The first kappa shape index (κ1) is 28.9. The molecule has 0 bridgehead atoms. The Bertz CT molecular complexity index is 1780. The van der Waals surface area contributed by atoms with Gasteiger partial charge in [-0.1, -0.05) is 56.5 Å². The Morgan fingerprint density at radius 3 is 2.63 bits per heavy atom. The first-order valence-corrected chi connectivity index (χ1v) is 14.3. The summed E-state index contributed by atoms with van der Waals surface area (Å²) in [5.41, 5.74) is 7.71. The number of aromatic nitrogens is 2. The number of terminal acetylenes is 1. The van der Waals surface area contributed by atoms with Crippen molar-refractivity contribution in [2.45, 2.75) is 51.4 Å². The average molecular weight is 606 g/mol. The van der Waals surface area contributed by atoms with Crippen molar-refractivity contribution in [1.29, 1.82) is 0 Å². The van der Waals surface area contributed by atoms with Gasteiger partial charge < -0.3 is 16.1 Å². The van der Waals surface area contributed by atoms with Crippen molar-refractivity contribution < 1.29 is 13.2 Å². The largest absolute Gasteiger partial charge is 0.413 e. The lowest BCUT2D eigenvalue weighted by Gasteiger charge is -2.28. The predicted molar refractivity (Wildman–Crippen MR) is 165 cm³/mol. The van der Waals surface area contributed by atoms with E-state index in [1.54, 1.807) is 24.7 Å². The highest BCUT2D eigenvalue weighted by Gasteiger charge is 2.67. The number of anilines is 2. The summed E-state index contributed by atoms with van der Waals surface area (Å²) < 4.78 is 41.9. The summed E-state index contributed by atoms with van der Waals surface area (Å²) in [6.07, 6.45) is 8.06. The molecule has 0 spiro atoms. The maximum absolute atomic E-state index is 14.0. The molecule has 7 nitrogen and oxygen atoms in total. The van der Waals surface area contributed by atoms with Crippen LogP contribution in [0.15, 0.2) is 66.9 Å². The van der Waals surface area contributed by atoms with Gasteiger partial charge in [-0.05, 0) is 47.4 Å². The van der Waals surface area contributed by atoms with E-state index < -0.39 is 17.8 Å². The van der Waals surface area contributed by atoms with Crippen LogP contribution in [-0.4, -0.2) is 33.2 Å². The van der Waals surface area contributed by atoms with E-state index in [4.69, 9.17) is 18.0 Å². The van der Waals surface area contributed by atoms with Gasteiger partial charge in [-0.2, -0.15) is 13.2 Å². The minimum atomic E-state index is -4.38. The molecule has 0 amide bonds. The third-order valence-electron chi connectivity index (χ3n) is 7.82. The van der Waals surface area contributed by atoms with Gasteiger partial charge in [-0.25, -0.2) is 0 Å². The molecule has 2 aliphatic rings. The zero-order valence-electron chi connectivity index (χ0n) is 23.9. The summed E-state index contributed by atoms with van der Waals surface area (Å²) in [6, 6.07) is 10.8. The molecule has 43 heavy (non-hydrogen) atoms. The van der Waals surface area contributed by atoms with Gasteiger partial charge in [-0.3, -0.25) is 15.0 Å². The van der Waals surface area contributed by atoms with Crippen molar-refractivity contribution in [3.8, 4) is 12.3 Å². The first-order chi connectivity index (χ1) is 20.4. The van der Waals surface area contributed by atoms with Crippen LogP contribution in [0.3, 0.4) is 0 Å². The summed E-state index contributed by atoms with van der Waals surface area (Å²) in [5.74, 6) is 2.71. The van der Waals surface area contributed by atoms with Gasteiger partial charge in [0.2, 0.25) is 0 Å². The van der Waals surface area contributed by atoms with Crippen LogP contribution in [0.2, 0.25) is 5.02 Å². The Morgan fingerprint density at radius 2 is 1.93 bits per heavy atom. The van der Waals surface area contributed by atoms with Gasteiger partial charge in [-0.15, -0.1) is 12.0 Å². The smallest absolute Gasteiger partial charge is 0.383 e. The molecule has 2 aromatic carbocycles. The van der Waals surface area contributed by atoms with Crippen molar-refractivity contribution in [2.75, 3.05) is 17.2 Å². The quantitative estimate of drug-likeness (QED) is 0.165. The predicted octanol–water partition coefficient (Wildman–Crippen LogP) is 7.29. The van der Waals surface area contributed by atoms with Gasteiger partial charge in [0.15, 0.2) is 5.54 Å². The SMILES string of the molecule is C#Cc1cnc2c(Cl)cc(N[C@H](C3=CN(C4(C(F)(F)F)CC4)NN3)c3cccc4cnccc34)cc2c1NCC(C)(C)C. The van der Waals surface area contributed by atoms with Crippen LogP contribution in [0, 0.1) is 17.8 Å². The summed E-state index contributed by atoms with van der Waals surface area (Å²) in [7, 11) is 0. The Labute approximate surface area is 252 Å². The van der Waals surface area contributed by atoms with Crippen LogP contribution >= 0.6 is 11.6 Å². The Kier molecular flexibility index (Phi) is 7.06. The van der Waals surface area contributed by atoms with E-state index in [2.05, 4.69) is 58.3 Å². The number of fused-ring (bicyclic) bond motifs is 2. The topological polar surface area (TPSA) is 77.1 Å². The van der Waals surface area contributed by atoms with Crippen LogP contribution in [-0.2, 0) is 0 Å². The lowest BCUT2D eigenvalue weighted by atomic mass is 9.96. The molecule has 3 heterocycles. The molecule has 2 aromatic heterocycles. The molecule has 0 saturated heterocycles. The highest BCUT2D eigenvalue weighted by molar-refractivity contribution is 6.35. The van der Waals surface area contributed by atoms with E-state index in [1.165, 1.54) is 6.20 Å². The lowest BCUT2D eigenvalue weighted by Crippen LogP contribution is -2.52. The molecule has 0 unspecified atom stereocenters. The van der Waals surface area contributed by atoms with Gasteiger partial charge >= 0.3 is 6.18 Å². The third kappa shape index (κ3) is 5.39. The summed E-state index contributed by atoms with van der Waals surface area (Å²) in [4.78, 5) is 8.76. The molecule has 4 aromatic rings. The van der Waals surface area contributed by atoms with Crippen LogP contribution < -0.4 is 21.6 Å². The zero-order valence-corrected chi connectivity index (χ0v) is 24.7. The van der Waals surface area contributed by atoms with Crippen molar-refractivity contribution in [2.24, 2.45) is 5.41 Å². The number of benzene rings is 2. The van der Waals surface area contributed by atoms with Crippen LogP contribution in [0.1, 0.15) is 50.8 Å². The number of nitrogens with one attached hydrogen (secondary N) is 4. The van der Waals surface area contributed by atoms with Crippen LogP contribution in [0.4, 0.5) is 24.5 Å². The standard InChI is InChI=1S/C32H31ClF3N7/c1-5-19-16-38-28-24(27(19)39-18-30(2,3)4)13-21(14-25(28)33)40-29(23-8-6-7-20-15-37-12-9-22(20)23)26-17-43(42-41-26)31(10-11-31)32(34,35)36/h1,6-9,12-17,29,40-42H,10-11,18H2,2-4H3,(H,38,39)/t29-/m0/s1. The maximum atomic E-state index is 14.0. The first-order valence-electron chi connectivity index (χ1n) is 13.9. The fraction of sp³-hybridized carbons (Fsp3) is 0.312. The molecule has 1 fully saturated rings. The van der Waals surface area contributed by atoms with E-state index in [-0.39, 0.29) is 18.3 Å². The molecular weight excluding hydrogens is 575 g/mol. The van der Waals surface area contributed by atoms with E-state index in [0.717, 1.165) is 32.4 Å². The Balaban J connectivity index is 1.46. The van der Waals surface area contributed by atoms with Gasteiger partial charge in [0, 0.05) is 47.8 Å². The average Bonchev–Trinajstić information content (AvgIpc) is 3.65. The number of hydrogen-bond donors (Lipinski definition) is 4. The summed E-state index contributed by atoms with van der Waals surface area (Å²) in [6.45, 7) is 7.01. The van der Waals surface area contributed by atoms with Crippen molar-refractivity contribution >= 4 is 44.7 Å². The van der Waals surface area contributed by atoms with Gasteiger partial charge in [0.05, 0.1) is 33.5 Å². The van der Waals surface area contributed by atoms with E-state index >= 15 is 0 Å². The number of pyridine rings is 2. The fourth-order valence-electron chi connectivity index (χ4n) is 5.37. The van der Waals surface area contributed by atoms with Crippen molar-refractivity contribution in [3.63, 3.8) is 0 Å². The van der Waals surface area contributed by atoms with Crippen LogP contribution in [0.25, 0.3) is 21.7 Å².